The van der Waals surface area contributed by atoms with E-state index in [4.69, 9.17) is 18.6 Å². The van der Waals surface area contributed by atoms with Gasteiger partial charge in [-0.15, -0.1) is 0 Å². The van der Waals surface area contributed by atoms with Crippen molar-refractivity contribution in [2.45, 2.75) is 6.92 Å². The first-order chi connectivity index (χ1) is 12.0. The SMILES string of the molecule is COc1cc(C(=O)n2c(=O)oc3cc(C)ccc32)cc(OC)c1OC. The molecule has 0 amide bonds. The molecule has 0 atom stereocenters. The molecule has 1 aromatic heterocycles. The first kappa shape index (κ1) is 16.6. The highest BCUT2D eigenvalue weighted by atomic mass is 16.5. The Labute approximate surface area is 143 Å². The molecule has 130 valence electrons. The topological polar surface area (TPSA) is 79.9 Å². The summed E-state index contributed by atoms with van der Waals surface area (Å²) < 4.78 is 21.9. The Kier molecular flexibility index (Phi) is 4.22. The van der Waals surface area contributed by atoms with Crippen LogP contribution in [-0.2, 0) is 0 Å². The highest BCUT2D eigenvalue weighted by Gasteiger charge is 2.22. The van der Waals surface area contributed by atoms with Crippen LogP contribution in [0, 0.1) is 6.92 Å². The molecule has 0 fully saturated rings. The standard InChI is InChI=1S/C18H17NO6/c1-10-5-6-12-13(7-10)25-18(21)19(12)17(20)11-8-14(22-2)16(24-4)15(9-11)23-3/h5-9H,1-4H3. The Morgan fingerprint density at radius 2 is 1.64 bits per heavy atom. The first-order valence-corrected chi connectivity index (χ1v) is 7.47. The van der Waals surface area contributed by atoms with Gasteiger partial charge in [-0.2, -0.15) is 0 Å². The van der Waals surface area contributed by atoms with Crippen molar-refractivity contribution in [1.82, 2.24) is 4.57 Å². The monoisotopic (exact) mass is 343 g/mol. The fourth-order valence-corrected chi connectivity index (χ4v) is 2.65. The summed E-state index contributed by atoms with van der Waals surface area (Å²) in [6.45, 7) is 1.87. The molecule has 3 rings (SSSR count). The van der Waals surface area contributed by atoms with Crippen LogP contribution >= 0.6 is 0 Å². The molecule has 0 aliphatic heterocycles. The summed E-state index contributed by atoms with van der Waals surface area (Å²) >= 11 is 0. The average molecular weight is 343 g/mol. The summed E-state index contributed by atoms with van der Waals surface area (Å²) in [5, 5.41) is 0. The van der Waals surface area contributed by atoms with Gasteiger partial charge in [0.05, 0.1) is 26.8 Å². The minimum atomic E-state index is -0.751. The number of aromatic nitrogens is 1. The van der Waals surface area contributed by atoms with Gasteiger partial charge >= 0.3 is 5.76 Å². The Morgan fingerprint density at radius 1 is 1.00 bits per heavy atom. The maximum absolute atomic E-state index is 12.9. The fraction of sp³-hybridized carbons (Fsp3) is 0.222. The number of hydrogen-bond acceptors (Lipinski definition) is 6. The van der Waals surface area contributed by atoms with Gasteiger partial charge in [-0.05, 0) is 36.8 Å². The molecule has 0 unspecified atom stereocenters. The molecule has 0 spiro atoms. The first-order valence-electron chi connectivity index (χ1n) is 7.47. The normalized spacial score (nSPS) is 10.7. The summed E-state index contributed by atoms with van der Waals surface area (Å²) in [7, 11) is 4.37. The van der Waals surface area contributed by atoms with Crippen LogP contribution in [0.25, 0.3) is 11.1 Å². The van der Waals surface area contributed by atoms with Crippen LogP contribution in [0.2, 0.25) is 0 Å². The molecule has 25 heavy (non-hydrogen) atoms. The van der Waals surface area contributed by atoms with Gasteiger partial charge in [-0.1, -0.05) is 6.07 Å². The van der Waals surface area contributed by atoms with Crippen LogP contribution in [0.5, 0.6) is 17.2 Å². The zero-order chi connectivity index (χ0) is 18.1. The highest BCUT2D eigenvalue weighted by molar-refractivity contribution is 6.01. The summed E-state index contributed by atoms with van der Waals surface area (Å²) in [6, 6.07) is 8.16. The van der Waals surface area contributed by atoms with Crippen molar-refractivity contribution >= 4 is 17.0 Å². The van der Waals surface area contributed by atoms with E-state index in [1.165, 1.54) is 33.5 Å². The number of rotatable bonds is 4. The minimum absolute atomic E-state index is 0.208. The van der Waals surface area contributed by atoms with E-state index in [0.717, 1.165) is 10.1 Å². The quantitative estimate of drug-likeness (QED) is 0.724. The Hall–Kier alpha value is -3.22. The molecule has 0 aliphatic rings. The minimum Gasteiger partial charge on any atom is -0.493 e. The molecular formula is C18H17NO6. The molecule has 0 radical (unpaired) electrons. The molecule has 0 bridgehead atoms. The van der Waals surface area contributed by atoms with Crippen LogP contribution < -0.4 is 20.0 Å². The second kappa shape index (κ2) is 6.35. The van der Waals surface area contributed by atoms with Gasteiger partial charge in [0.2, 0.25) is 5.75 Å². The average Bonchev–Trinajstić information content (AvgIpc) is 2.94. The van der Waals surface area contributed by atoms with Crippen LogP contribution in [0.4, 0.5) is 0 Å². The molecular weight excluding hydrogens is 326 g/mol. The Morgan fingerprint density at radius 3 is 2.20 bits per heavy atom. The lowest BCUT2D eigenvalue weighted by Gasteiger charge is -2.13. The number of benzene rings is 2. The molecule has 7 heteroatoms. The highest BCUT2D eigenvalue weighted by Crippen LogP contribution is 2.38. The van der Waals surface area contributed by atoms with Crippen LogP contribution in [0.3, 0.4) is 0 Å². The summed E-state index contributed by atoms with van der Waals surface area (Å²) in [5.41, 5.74) is 1.88. The van der Waals surface area contributed by atoms with Crippen LogP contribution in [0.15, 0.2) is 39.5 Å². The maximum atomic E-state index is 12.9. The van der Waals surface area contributed by atoms with E-state index in [1.54, 1.807) is 18.2 Å². The maximum Gasteiger partial charge on any atom is 0.427 e. The third-order valence-electron chi connectivity index (χ3n) is 3.85. The van der Waals surface area contributed by atoms with Gasteiger partial charge in [0.25, 0.3) is 5.91 Å². The van der Waals surface area contributed by atoms with Crippen molar-refractivity contribution in [1.29, 1.82) is 0 Å². The van der Waals surface area contributed by atoms with E-state index in [-0.39, 0.29) is 5.56 Å². The molecule has 0 saturated heterocycles. The van der Waals surface area contributed by atoms with Crippen molar-refractivity contribution in [2.75, 3.05) is 21.3 Å². The van der Waals surface area contributed by atoms with Crippen molar-refractivity contribution in [3.05, 3.63) is 52.0 Å². The third-order valence-corrected chi connectivity index (χ3v) is 3.85. The number of carbonyl (C=O) groups excluding carboxylic acids is 1. The summed E-state index contributed by atoms with van der Waals surface area (Å²) in [5.74, 6) is -0.295. The van der Waals surface area contributed by atoms with Crippen molar-refractivity contribution in [3.63, 3.8) is 0 Å². The van der Waals surface area contributed by atoms with E-state index in [9.17, 15) is 9.59 Å². The molecule has 0 aliphatic carbocycles. The zero-order valence-electron chi connectivity index (χ0n) is 14.3. The molecule has 0 saturated carbocycles. The van der Waals surface area contributed by atoms with E-state index < -0.39 is 11.7 Å². The molecule has 1 heterocycles. The molecule has 2 aromatic carbocycles. The number of nitrogens with zero attached hydrogens (tertiary/aromatic N) is 1. The summed E-state index contributed by atoms with van der Waals surface area (Å²) in [6.07, 6.45) is 0. The Balaban J connectivity index is 2.19. The Bertz CT molecular complexity index is 989. The van der Waals surface area contributed by atoms with Crippen LogP contribution in [-0.4, -0.2) is 31.8 Å². The van der Waals surface area contributed by atoms with Gasteiger partial charge in [0.1, 0.15) is 0 Å². The van der Waals surface area contributed by atoms with Gasteiger partial charge in [-0.3, -0.25) is 4.79 Å². The van der Waals surface area contributed by atoms with Gasteiger partial charge in [-0.25, -0.2) is 9.36 Å². The lowest BCUT2D eigenvalue weighted by atomic mass is 10.1. The number of oxazole rings is 1. The van der Waals surface area contributed by atoms with E-state index in [1.807, 2.05) is 6.92 Å². The van der Waals surface area contributed by atoms with Crippen LogP contribution in [0.1, 0.15) is 15.9 Å². The van der Waals surface area contributed by atoms with Gasteiger partial charge < -0.3 is 18.6 Å². The lowest BCUT2D eigenvalue weighted by Crippen LogP contribution is -2.23. The smallest absolute Gasteiger partial charge is 0.427 e. The molecule has 7 nitrogen and oxygen atoms in total. The fourth-order valence-electron chi connectivity index (χ4n) is 2.65. The van der Waals surface area contributed by atoms with E-state index in [0.29, 0.717) is 28.3 Å². The van der Waals surface area contributed by atoms with Crippen molar-refractivity contribution < 1.29 is 23.4 Å². The number of hydrogen-bond donors (Lipinski definition) is 0. The van der Waals surface area contributed by atoms with Gasteiger partial charge in [0, 0.05) is 5.56 Å². The van der Waals surface area contributed by atoms with E-state index in [2.05, 4.69) is 0 Å². The number of aryl methyl sites for hydroxylation is 1. The second-order valence-corrected chi connectivity index (χ2v) is 5.39. The zero-order valence-corrected chi connectivity index (χ0v) is 14.3. The second-order valence-electron chi connectivity index (χ2n) is 5.39. The van der Waals surface area contributed by atoms with E-state index >= 15 is 0 Å². The molecule has 0 N–H and O–H groups in total. The van der Waals surface area contributed by atoms with Crippen molar-refractivity contribution in [3.8, 4) is 17.2 Å². The number of fused-ring (bicyclic) bond motifs is 1. The van der Waals surface area contributed by atoms with Crippen molar-refractivity contribution in [2.24, 2.45) is 0 Å². The summed E-state index contributed by atoms with van der Waals surface area (Å²) in [4.78, 5) is 25.1. The van der Waals surface area contributed by atoms with Gasteiger partial charge in [0.15, 0.2) is 17.1 Å². The third kappa shape index (κ3) is 2.73. The predicted octanol–water partition coefficient (Wildman–Crippen LogP) is 2.62. The molecule has 3 aromatic rings. The lowest BCUT2D eigenvalue weighted by molar-refractivity contribution is 0.0955. The predicted molar refractivity (Wildman–Crippen MR) is 91.0 cm³/mol. The number of carbonyl (C=O) groups is 1. The largest absolute Gasteiger partial charge is 0.493 e. The number of methoxy groups -OCH3 is 3. The number of ether oxygens (including phenoxy) is 3.